The van der Waals surface area contributed by atoms with Gasteiger partial charge in [-0.1, -0.05) is 70.9 Å². The van der Waals surface area contributed by atoms with Gasteiger partial charge in [0.15, 0.2) is 0 Å². The lowest BCUT2D eigenvalue weighted by atomic mass is 9.92. The van der Waals surface area contributed by atoms with Gasteiger partial charge in [0, 0.05) is 18.7 Å². The molecule has 4 N–H and O–H groups in total. The third-order valence-electron chi connectivity index (χ3n) is 11.8. The van der Waals surface area contributed by atoms with Gasteiger partial charge in [-0.05, 0) is 70.8 Å². The number of rotatable bonds is 12. The van der Waals surface area contributed by atoms with E-state index >= 15 is 0 Å². The van der Waals surface area contributed by atoms with Gasteiger partial charge in [-0.3, -0.25) is 9.59 Å². The van der Waals surface area contributed by atoms with Crippen LogP contribution in [0.3, 0.4) is 0 Å². The lowest BCUT2D eigenvalue weighted by molar-refractivity contribution is -0.144. The Labute approximate surface area is 343 Å². The number of H-pyrrole nitrogens is 2. The highest BCUT2D eigenvalue weighted by molar-refractivity contribution is 5.92. The molecule has 2 fully saturated rings. The van der Waals surface area contributed by atoms with Crippen LogP contribution in [0.5, 0.6) is 0 Å². The van der Waals surface area contributed by atoms with E-state index in [4.69, 9.17) is 24.2 Å². The lowest BCUT2D eigenvalue weighted by Crippen LogP contribution is -2.55. The number of carbonyl (C=O) groups is 4. The predicted molar refractivity (Wildman–Crippen MR) is 223 cm³/mol. The average molecular weight is 807 g/mol. The highest BCUT2D eigenvalue weighted by Crippen LogP contribution is 2.35. The van der Waals surface area contributed by atoms with E-state index in [0.717, 1.165) is 75.7 Å². The summed E-state index contributed by atoms with van der Waals surface area (Å²) in [4.78, 5) is 72.0. The summed E-state index contributed by atoms with van der Waals surface area (Å²) in [5.41, 5.74) is 5.50. The zero-order valence-corrected chi connectivity index (χ0v) is 34.5. The van der Waals surface area contributed by atoms with Crippen LogP contribution in [-0.2, 0) is 23.8 Å². The van der Waals surface area contributed by atoms with E-state index in [-0.39, 0.29) is 36.3 Å². The highest BCUT2D eigenvalue weighted by atomic mass is 16.5. The van der Waals surface area contributed by atoms with Crippen LogP contribution in [0.2, 0.25) is 0 Å². The summed E-state index contributed by atoms with van der Waals surface area (Å²) in [6.45, 7) is 9.47. The van der Waals surface area contributed by atoms with Crippen molar-refractivity contribution in [3.05, 3.63) is 72.4 Å². The first-order valence-corrected chi connectivity index (χ1v) is 20.5. The summed E-state index contributed by atoms with van der Waals surface area (Å²) in [5, 5.41) is 7.63. The first-order chi connectivity index (χ1) is 28.5. The number of alkyl carbamates (subject to hydrolysis) is 2. The van der Waals surface area contributed by atoms with Gasteiger partial charge in [-0.15, -0.1) is 0 Å². The SMILES string of the molecule is CCC(CC)[C@H](NC(=O)OC)C(=O)N1CCOC[C@H]1c1nc2ccc(-c3ccc4cc(-c5cnc([C@@H]6CCCN6C(=O)[C@@H](NC(=O)OC)C(C)C)[nH]5)ccc4c3)cc2[nH]1. The third-order valence-corrected chi connectivity index (χ3v) is 11.8. The fourth-order valence-corrected chi connectivity index (χ4v) is 8.40. The molecule has 0 bridgehead atoms. The Morgan fingerprint density at radius 3 is 2.12 bits per heavy atom. The number of aromatic nitrogens is 4. The minimum atomic E-state index is -0.725. The van der Waals surface area contributed by atoms with Crippen molar-refractivity contribution in [2.24, 2.45) is 11.8 Å². The van der Waals surface area contributed by atoms with Gasteiger partial charge in [0.05, 0.1) is 56.4 Å². The van der Waals surface area contributed by atoms with Crippen LogP contribution < -0.4 is 10.6 Å². The first-order valence-electron chi connectivity index (χ1n) is 20.5. The molecule has 4 atom stereocenters. The first kappa shape index (κ1) is 41.2. The molecule has 4 heterocycles. The quantitative estimate of drug-likeness (QED) is 0.104. The molecule has 3 aromatic carbocycles. The molecule has 2 aliphatic heterocycles. The molecule has 312 valence electrons. The van der Waals surface area contributed by atoms with Crippen LogP contribution >= 0.6 is 0 Å². The van der Waals surface area contributed by atoms with Gasteiger partial charge in [-0.2, -0.15) is 0 Å². The van der Waals surface area contributed by atoms with Crippen LogP contribution in [0.4, 0.5) is 9.59 Å². The molecule has 0 aliphatic carbocycles. The molecule has 7 rings (SSSR count). The van der Waals surface area contributed by atoms with E-state index in [1.165, 1.54) is 14.2 Å². The number of hydrogen-bond donors (Lipinski definition) is 4. The van der Waals surface area contributed by atoms with Crippen molar-refractivity contribution < 1.29 is 33.4 Å². The second-order valence-electron chi connectivity index (χ2n) is 15.7. The maximum absolute atomic E-state index is 14.0. The fourth-order valence-electron chi connectivity index (χ4n) is 8.40. The molecule has 0 saturated carbocycles. The van der Waals surface area contributed by atoms with Gasteiger partial charge >= 0.3 is 12.2 Å². The molecule has 2 aliphatic rings. The van der Waals surface area contributed by atoms with Crippen molar-refractivity contribution in [3.8, 4) is 22.4 Å². The van der Waals surface area contributed by atoms with Crippen LogP contribution in [0.1, 0.15) is 77.1 Å². The number of methoxy groups -OCH3 is 2. The second-order valence-corrected chi connectivity index (χ2v) is 15.7. The van der Waals surface area contributed by atoms with Crippen molar-refractivity contribution in [3.63, 3.8) is 0 Å². The molecule has 59 heavy (non-hydrogen) atoms. The highest BCUT2D eigenvalue weighted by Gasteiger charge is 2.39. The Bertz CT molecular complexity index is 2320. The molecule has 15 nitrogen and oxygen atoms in total. The number of imidazole rings is 2. The summed E-state index contributed by atoms with van der Waals surface area (Å²) < 4.78 is 15.5. The fraction of sp³-hybridized carbons (Fsp3) is 0.455. The molecule has 5 aromatic rings. The van der Waals surface area contributed by atoms with Gasteiger partial charge in [-0.25, -0.2) is 19.6 Å². The normalized spacial score (nSPS) is 18.0. The largest absolute Gasteiger partial charge is 0.453 e. The van der Waals surface area contributed by atoms with E-state index in [1.54, 1.807) is 4.90 Å². The van der Waals surface area contributed by atoms with Crippen molar-refractivity contribution in [1.29, 1.82) is 0 Å². The number of nitrogens with one attached hydrogen (secondary N) is 4. The zero-order chi connectivity index (χ0) is 41.8. The molecular formula is C44H54N8O7. The van der Waals surface area contributed by atoms with Gasteiger partial charge in [0.2, 0.25) is 11.8 Å². The van der Waals surface area contributed by atoms with E-state index < -0.39 is 30.3 Å². The van der Waals surface area contributed by atoms with Crippen molar-refractivity contribution >= 4 is 45.8 Å². The standard InChI is InChI=1S/C44H54N8O7/c1-7-26(8-2)38(50-44(56)58-6)42(54)52-18-19-59-24-36(52)40-46-32-16-15-30(22-33(32)47-40)28-11-12-29-21-31(14-13-27(29)20-28)34-23-45-39(48-34)35-10-9-17-51(35)41(53)37(25(3)4)49-43(55)57-5/h11-16,20-23,25-26,35-38H,7-10,17-19,24H2,1-6H3,(H,45,48)(H,46,47)(H,49,55)(H,50,56)/t35-,36-,37-,38-/m0/s1. The van der Waals surface area contributed by atoms with Crippen LogP contribution in [0, 0.1) is 11.8 Å². The molecule has 4 amide bonds. The molecule has 15 heteroatoms. The van der Waals surface area contributed by atoms with Gasteiger partial charge < -0.3 is 44.6 Å². The van der Waals surface area contributed by atoms with Crippen LogP contribution in [-0.4, -0.2) is 106 Å². The summed E-state index contributed by atoms with van der Waals surface area (Å²) in [6, 6.07) is 16.7. The minimum absolute atomic E-state index is 0.0512. The van der Waals surface area contributed by atoms with Gasteiger partial charge in [0.1, 0.15) is 29.8 Å². The number of likely N-dealkylation sites (tertiary alicyclic amines) is 1. The molecule has 2 saturated heterocycles. The summed E-state index contributed by atoms with van der Waals surface area (Å²) in [6.07, 6.45) is 3.62. The number of benzene rings is 3. The number of hydrogen-bond acceptors (Lipinski definition) is 9. The Hall–Kier alpha value is -5.96. The number of morpholine rings is 1. The predicted octanol–water partition coefficient (Wildman–Crippen LogP) is 6.88. The van der Waals surface area contributed by atoms with Crippen LogP contribution in [0.25, 0.3) is 44.2 Å². The van der Waals surface area contributed by atoms with E-state index in [1.807, 2.05) is 50.9 Å². The number of aromatic amines is 2. The molecule has 0 radical (unpaired) electrons. The number of nitrogens with zero attached hydrogens (tertiary/aromatic N) is 4. The summed E-state index contributed by atoms with van der Waals surface area (Å²) in [5.74, 6) is 0.861. The molecule has 2 aromatic heterocycles. The zero-order valence-electron chi connectivity index (χ0n) is 34.5. The Morgan fingerprint density at radius 2 is 1.42 bits per heavy atom. The Morgan fingerprint density at radius 1 is 0.797 bits per heavy atom. The number of carbonyl (C=O) groups excluding carboxylic acids is 4. The van der Waals surface area contributed by atoms with Crippen molar-refractivity contribution in [1.82, 2.24) is 40.4 Å². The van der Waals surface area contributed by atoms with Crippen molar-refractivity contribution in [2.75, 3.05) is 40.5 Å². The lowest BCUT2D eigenvalue weighted by Gasteiger charge is -2.38. The average Bonchev–Trinajstić information content (AvgIpc) is 4.05. The molecule has 0 unspecified atom stereocenters. The van der Waals surface area contributed by atoms with E-state index in [9.17, 15) is 19.2 Å². The van der Waals surface area contributed by atoms with E-state index in [2.05, 4.69) is 63.1 Å². The number of ether oxygens (including phenoxy) is 3. The summed E-state index contributed by atoms with van der Waals surface area (Å²) in [7, 11) is 2.59. The maximum atomic E-state index is 14.0. The number of amides is 4. The Balaban J connectivity index is 1.08. The Kier molecular flexibility index (Phi) is 12.5. The monoisotopic (exact) mass is 806 g/mol. The topological polar surface area (TPSA) is 184 Å². The molecule has 0 spiro atoms. The third kappa shape index (κ3) is 8.61. The number of fused-ring (bicyclic) bond motifs is 2. The van der Waals surface area contributed by atoms with Gasteiger partial charge in [0.25, 0.3) is 0 Å². The molecular weight excluding hydrogens is 753 g/mol. The smallest absolute Gasteiger partial charge is 0.407 e. The summed E-state index contributed by atoms with van der Waals surface area (Å²) >= 11 is 0. The van der Waals surface area contributed by atoms with Crippen molar-refractivity contribution in [2.45, 2.75) is 77.5 Å². The van der Waals surface area contributed by atoms with Crippen LogP contribution in [0.15, 0.2) is 60.8 Å². The maximum Gasteiger partial charge on any atom is 0.407 e. The second kappa shape index (κ2) is 17.9. The van der Waals surface area contributed by atoms with E-state index in [0.29, 0.717) is 25.5 Å². The minimum Gasteiger partial charge on any atom is -0.453 e.